The van der Waals surface area contributed by atoms with Crippen LogP contribution < -0.4 is 4.74 Å². The SMILES string of the molecule is COc1ccc(S(=O)(=O)N(Cc2ccco2)[C@H]2CCS(=O)(=O)C2)cc1. The Morgan fingerprint density at radius 2 is 1.96 bits per heavy atom. The molecule has 0 radical (unpaired) electrons. The highest BCUT2D eigenvalue weighted by molar-refractivity contribution is 7.92. The van der Waals surface area contributed by atoms with E-state index < -0.39 is 25.9 Å². The maximum atomic E-state index is 13.1. The molecule has 1 aromatic heterocycles. The Hall–Kier alpha value is -1.84. The molecule has 0 spiro atoms. The first-order chi connectivity index (χ1) is 11.8. The van der Waals surface area contributed by atoms with Gasteiger partial charge < -0.3 is 9.15 Å². The maximum absolute atomic E-state index is 13.1. The van der Waals surface area contributed by atoms with Gasteiger partial charge in [-0.25, -0.2) is 16.8 Å². The number of ether oxygens (including phenoxy) is 1. The smallest absolute Gasteiger partial charge is 0.243 e. The van der Waals surface area contributed by atoms with Crippen LogP contribution in [0.2, 0.25) is 0 Å². The van der Waals surface area contributed by atoms with Gasteiger partial charge in [0.1, 0.15) is 11.5 Å². The maximum Gasteiger partial charge on any atom is 0.243 e. The molecule has 1 saturated heterocycles. The molecule has 9 heteroatoms. The standard InChI is InChI=1S/C16H19NO6S2/c1-22-14-4-6-16(7-5-14)25(20,21)17(11-15-3-2-9-23-15)13-8-10-24(18,19)12-13/h2-7,9,13H,8,10-12H2,1H3/t13-/m0/s1. The Morgan fingerprint density at radius 1 is 1.24 bits per heavy atom. The lowest BCUT2D eigenvalue weighted by Crippen LogP contribution is -2.40. The Labute approximate surface area is 147 Å². The van der Waals surface area contributed by atoms with Gasteiger partial charge in [-0.05, 0) is 42.8 Å². The van der Waals surface area contributed by atoms with Crippen LogP contribution in [-0.4, -0.2) is 45.8 Å². The minimum absolute atomic E-state index is 0.00947. The molecular weight excluding hydrogens is 366 g/mol. The number of furan rings is 1. The third-order valence-corrected chi connectivity index (χ3v) is 7.84. The second-order valence-corrected chi connectivity index (χ2v) is 9.98. The van der Waals surface area contributed by atoms with Crippen LogP contribution in [0.25, 0.3) is 0 Å². The summed E-state index contributed by atoms with van der Waals surface area (Å²) < 4.78 is 61.4. The Bertz CT molecular complexity index is 918. The van der Waals surface area contributed by atoms with Crippen LogP contribution in [-0.2, 0) is 26.4 Å². The average molecular weight is 385 g/mol. The lowest BCUT2D eigenvalue weighted by Gasteiger charge is -2.26. The number of hydrogen-bond donors (Lipinski definition) is 0. The van der Waals surface area contributed by atoms with Crippen molar-refractivity contribution in [2.24, 2.45) is 0 Å². The van der Waals surface area contributed by atoms with E-state index in [1.165, 1.54) is 29.8 Å². The summed E-state index contributed by atoms with van der Waals surface area (Å²) in [6, 6.07) is 8.74. The quantitative estimate of drug-likeness (QED) is 0.751. The summed E-state index contributed by atoms with van der Waals surface area (Å²) >= 11 is 0. The van der Waals surface area contributed by atoms with Gasteiger partial charge in [-0.2, -0.15) is 4.31 Å². The predicted octanol–water partition coefficient (Wildman–Crippen LogP) is 1.67. The minimum Gasteiger partial charge on any atom is -0.497 e. The van der Waals surface area contributed by atoms with Crippen molar-refractivity contribution in [2.45, 2.75) is 23.9 Å². The number of sulfone groups is 1. The second-order valence-electron chi connectivity index (χ2n) is 5.86. The van der Waals surface area contributed by atoms with Crippen LogP contribution >= 0.6 is 0 Å². The van der Waals surface area contributed by atoms with Gasteiger partial charge in [0.05, 0.1) is 36.3 Å². The van der Waals surface area contributed by atoms with Crippen molar-refractivity contribution >= 4 is 19.9 Å². The van der Waals surface area contributed by atoms with E-state index in [1.807, 2.05) is 0 Å². The number of rotatable bonds is 6. The Kier molecular flexibility index (Phi) is 4.90. The van der Waals surface area contributed by atoms with E-state index in [-0.39, 0.29) is 29.4 Å². The molecule has 3 rings (SSSR count). The van der Waals surface area contributed by atoms with Crippen LogP contribution in [0.1, 0.15) is 12.2 Å². The van der Waals surface area contributed by atoms with Gasteiger partial charge in [0.25, 0.3) is 0 Å². The molecule has 1 aliphatic heterocycles. The van der Waals surface area contributed by atoms with Crippen LogP contribution in [0.3, 0.4) is 0 Å². The van der Waals surface area contributed by atoms with E-state index in [0.717, 1.165) is 0 Å². The minimum atomic E-state index is -3.88. The van der Waals surface area contributed by atoms with Gasteiger partial charge in [0.15, 0.2) is 9.84 Å². The van der Waals surface area contributed by atoms with Gasteiger partial charge in [0, 0.05) is 6.04 Å². The number of hydrogen-bond acceptors (Lipinski definition) is 6. The van der Waals surface area contributed by atoms with Crippen molar-refractivity contribution in [3.63, 3.8) is 0 Å². The van der Waals surface area contributed by atoms with Crippen molar-refractivity contribution in [3.05, 3.63) is 48.4 Å². The van der Waals surface area contributed by atoms with Crippen LogP contribution in [0.15, 0.2) is 52.0 Å². The van der Waals surface area contributed by atoms with Crippen molar-refractivity contribution in [2.75, 3.05) is 18.6 Å². The fourth-order valence-corrected chi connectivity index (χ4v) is 6.30. The molecule has 136 valence electrons. The third-order valence-electron chi connectivity index (χ3n) is 4.17. The molecule has 2 heterocycles. The zero-order valence-corrected chi connectivity index (χ0v) is 15.3. The molecule has 0 saturated carbocycles. The number of benzene rings is 1. The van der Waals surface area contributed by atoms with E-state index >= 15 is 0 Å². The van der Waals surface area contributed by atoms with E-state index in [9.17, 15) is 16.8 Å². The zero-order chi connectivity index (χ0) is 18.1. The highest BCUT2D eigenvalue weighted by Crippen LogP contribution is 2.28. The zero-order valence-electron chi connectivity index (χ0n) is 13.7. The lowest BCUT2D eigenvalue weighted by atomic mass is 10.2. The predicted molar refractivity (Wildman–Crippen MR) is 91.5 cm³/mol. The van der Waals surface area contributed by atoms with E-state index in [0.29, 0.717) is 11.5 Å². The summed E-state index contributed by atoms with van der Waals surface area (Å²) in [7, 11) is -5.62. The van der Waals surface area contributed by atoms with E-state index in [2.05, 4.69) is 0 Å². The first kappa shape index (κ1) is 18.0. The largest absolute Gasteiger partial charge is 0.497 e. The molecule has 2 aromatic rings. The molecular formula is C16H19NO6S2. The van der Waals surface area contributed by atoms with Crippen molar-refractivity contribution < 1.29 is 26.0 Å². The van der Waals surface area contributed by atoms with Crippen molar-refractivity contribution in [1.29, 1.82) is 0 Å². The first-order valence-electron chi connectivity index (χ1n) is 7.70. The number of methoxy groups -OCH3 is 1. The van der Waals surface area contributed by atoms with Crippen LogP contribution in [0.5, 0.6) is 5.75 Å². The van der Waals surface area contributed by atoms with Gasteiger partial charge >= 0.3 is 0 Å². The molecule has 0 aliphatic carbocycles. The molecule has 1 aliphatic rings. The van der Waals surface area contributed by atoms with Gasteiger partial charge in [-0.1, -0.05) is 0 Å². The third kappa shape index (κ3) is 3.88. The molecule has 25 heavy (non-hydrogen) atoms. The van der Waals surface area contributed by atoms with Gasteiger partial charge in [-0.15, -0.1) is 0 Å². The molecule has 0 N–H and O–H groups in total. The summed E-state index contributed by atoms with van der Waals surface area (Å²) in [6.07, 6.45) is 1.73. The van der Waals surface area contributed by atoms with Crippen molar-refractivity contribution in [3.8, 4) is 5.75 Å². The molecule has 0 unspecified atom stereocenters. The van der Waals surface area contributed by atoms with E-state index in [1.54, 1.807) is 24.3 Å². The molecule has 1 fully saturated rings. The fraction of sp³-hybridized carbons (Fsp3) is 0.375. The second kappa shape index (κ2) is 6.81. The van der Waals surface area contributed by atoms with Crippen LogP contribution in [0.4, 0.5) is 0 Å². The summed E-state index contributed by atoms with van der Waals surface area (Å²) in [5.74, 6) is 0.814. The lowest BCUT2D eigenvalue weighted by molar-refractivity contribution is 0.307. The molecule has 0 bridgehead atoms. The Morgan fingerprint density at radius 3 is 2.48 bits per heavy atom. The fourth-order valence-electron chi connectivity index (χ4n) is 2.85. The monoisotopic (exact) mass is 385 g/mol. The summed E-state index contributed by atoms with van der Waals surface area (Å²) in [5, 5.41) is 0. The average Bonchev–Trinajstić information content (AvgIpc) is 3.21. The first-order valence-corrected chi connectivity index (χ1v) is 11.0. The molecule has 1 atom stereocenters. The molecule has 1 aromatic carbocycles. The molecule has 0 amide bonds. The van der Waals surface area contributed by atoms with Crippen LogP contribution in [0, 0.1) is 0 Å². The number of nitrogens with zero attached hydrogens (tertiary/aromatic N) is 1. The van der Waals surface area contributed by atoms with E-state index in [4.69, 9.17) is 9.15 Å². The molecule has 7 nitrogen and oxygen atoms in total. The summed E-state index contributed by atoms with van der Waals surface area (Å²) in [5.41, 5.74) is 0. The summed E-state index contributed by atoms with van der Waals surface area (Å²) in [4.78, 5) is 0.0872. The Balaban J connectivity index is 1.96. The number of sulfonamides is 1. The van der Waals surface area contributed by atoms with Gasteiger partial charge in [-0.3, -0.25) is 0 Å². The highest BCUT2D eigenvalue weighted by Gasteiger charge is 2.39. The highest BCUT2D eigenvalue weighted by atomic mass is 32.2. The van der Waals surface area contributed by atoms with Gasteiger partial charge in [0.2, 0.25) is 10.0 Å². The summed E-state index contributed by atoms with van der Waals surface area (Å²) in [6.45, 7) is -0.0124. The van der Waals surface area contributed by atoms with Crippen molar-refractivity contribution in [1.82, 2.24) is 4.31 Å². The topological polar surface area (TPSA) is 93.9 Å². The normalized spacial score (nSPS) is 20.0.